The van der Waals surface area contributed by atoms with Crippen LogP contribution in [0.1, 0.15) is 6.92 Å². The molecule has 2 rings (SSSR count). The molecule has 0 spiro atoms. The van der Waals surface area contributed by atoms with E-state index in [0.29, 0.717) is 5.57 Å². The first kappa shape index (κ1) is 14.6. The van der Waals surface area contributed by atoms with Gasteiger partial charge in [0, 0.05) is 6.20 Å². The monoisotopic (exact) mass is 277 g/mol. The van der Waals surface area contributed by atoms with Gasteiger partial charge >= 0.3 is 0 Å². The normalized spacial score (nSPS) is 43.5. The quantitative estimate of drug-likeness (QED) is 0.408. The van der Waals surface area contributed by atoms with E-state index in [9.17, 15) is 19.7 Å². The fourth-order valence-electron chi connectivity index (χ4n) is 2.41. The van der Waals surface area contributed by atoms with Gasteiger partial charge in [-0.15, -0.1) is 0 Å². The van der Waals surface area contributed by atoms with Gasteiger partial charge in [-0.3, -0.25) is 0 Å². The zero-order valence-corrected chi connectivity index (χ0v) is 10.8. The van der Waals surface area contributed by atoms with Gasteiger partial charge in [0.25, 0.3) is 0 Å². The molecule has 3 unspecified atom stereocenters. The van der Waals surface area contributed by atoms with Crippen LogP contribution < -0.4 is 10.6 Å². The van der Waals surface area contributed by atoms with E-state index in [-0.39, 0.29) is 6.61 Å². The number of rotatable bonds is 3. The van der Waals surface area contributed by atoms with Crippen LogP contribution in [0.4, 0.5) is 4.39 Å². The van der Waals surface area contributed by atoms with Gasteiger partial charge in [-0.05, 0) is 19.5 Å². The van der Waals surface area contributed by atoms with Gasteiger partial charge in [0.05, 0.1) is 12.6 Å². The number of aliphatic hydroxyl groups excluding tert-OH is 3. The lowest BCUT2D eigenvalue weighted by atomic mass is 10.1. The Morgan fingerprint density at radius 2 is 2.21 bits per heavy atom. The van der Waals surface area contributed by atoms with E-state index in [0.717, 1.165) is 0 Å². The average molecular weight is 277 g/mol. The molecule has 2 heterocycles. The van der Waals surface area contributed by atoms with Gasteiger partial charge in [0.2, 0.25) is 0 Å². The minimum Gasteiger partial charge on any atom is -0.394 e. The molecule has 0 bridgehead atoms. The van der Waals surface area contributed by atoms with E-state index in [1.807, 2.05) is 0 Å². The predicted molar refractivity (Wildman–Crippen MR) is 64.2 cm³/mol. The Morgan fingerprint density at radius 1 is 1.53 bits per heavy atom. The van der Waals surface area contributed by atoms with Gasteiger partial charge in [-0.1, -0.05) is 0 Å². The maximum atomic E-state index is 14.3. The van der Waals surface area contributed by atoms with E-state index in [2.05, 4.69) is 10.6 Å². The molecule has 0 aromatic rings. The highest BCUT2D eigenvalue weighted by atomic mass is 19.1. The van der Waals surface area contributed by atoms with Crippen molar-refractivity contribution in [3.8, 4) is 0 Å². The van der Waals surface area contributed by atoms with E-state index < -0.39 is 37.1 Å². The lowest BCUT2D eigenvalue weighted by Crippen LogP contribution is -2.57. The maximum Gasteiger partial charge on any atom is 0.187 e. The summed E-state index contributed by atoms with van der Waals surface area (Å²) in [6.07, 6.45) is -3.90. The van der Waals surface area contributed by atoms with E-state index >= 15 is 0 Å². The van der Waals surface area contributed by atoms with Crippen molar-refractivity contribution in [2.24, 2.45) is 0 Å². The number of ether oxygens (including phenoxy) is 1. The molecule has 2 aliphatic heterocycles. The average Bonchev–Trinajstić information content (AvgIpc) is 2.70. The van der Waals surface area contributed by atoms with E-state index in [1.165, 1.54) is 11.1 Å². The molecule has 0 amide bonds. The zero-order valence-electron chi connectivity index (χ0n) is 10.8. The summed E-state index contributed by atoms with van der Waals surface area (Å²) in [5, 5.41) is 33.8. The van der Waals surface area contributed by atoms with Crippen LogP contribution >= 0.6 is 0 Å². The van der Waals surface area contributed by atoms with Crippen LogP contribution in [0.2, 0.25) is 0 Å². The predicted octanol–water partition coefficient (Wildman–Crippen LogP) is -1.97. The summed E-state index contributed by atoms with van der Waals surface area (Å²) in [5.41, 5.74) is 0.537. The molecule has 110 valence electrons. The number of nitrogens with zero attached hydrogens (tertiary/aromatic N) is 1. The third-order valence-corrected chi connectivity index (χ3v) is 3.51. The van der Waals surface area contributed by atoms with Gasteiger partial charge in [-0.2, -0.15) is 0 Å². The first-order valence-electron chi connectivity index (χ1n) is 6.15. The number of aliphatic hydroxyl groups is 3. The molecule has 7 nitrogen and oxygen atoms in total. The van der Waals surface area contributed by atoms with E-state index in [4.69, 9.17) is 4.74 Å². The summed E-state index contributed by atoms with van der Waals surface area (Å²) in [5.74, 6) is 0. The Kier molecular flexibility index (Phi) is 4.39. The van der Waals surface area contributed by atoms with Gasteiger partial charge < -0.3 is 30.3 Å². The van der Waals surface area contributed by atoms with Crippen LogP contribution in [0.5, 0.6) is 0 Å². The van der Waals surface area contributed by atoms with Crippen LogP contribution in [0.25, 0.3) is 0 Å². The van der Waals surface area contributed by atoms with E-state index in [1.54, 1.807) is 14.0 Å². The lowest BCUT2D eigenvalue weighted by Gasteiger charge is -2.38. The minimum absolute atomic E-state index is 0.314. The standard InChI is InChI=1S/C11H20FN3O4/c1-5-3-15(11(18)14-9(5)17)10-7(12)8(13-2)6(4-16)19-10/h3,6-11,13-14,16-18H,4H2,1-2H3/t6-,7+,8+,9?,10?,11?/m1/s1. The Balaban J connectivity index is 2.18. The molecule has 6 atom stereocenters. The molecule has 2 aliphatic rings. The van der Waals surface area contributed by atoms with Crippen molar-refractivity contribution in [1.29, 1.82) is 0 Å². The molecular formula is C11H20FN3O4. The third kappa shape index (κ3) is 2.60. The maximum absolute atomic E-state index is 14.3. The molecule has 0 aromatic heterocycles. The van der Waals surface area contributed by atoms with Crippen molar-refractivity contribution in [3.05, 3.63) is 11.8 Å². The molecule has 0 radical (unpaired) electrons. The Morgan fingerprint density at radius 3 is 2.74 bits per heavy atom. The number of likely N-dealkylation sites (N-methyl/N-ethyl adjacent to an activating group) is 1. The first-order valence-corrected chi connectivity index (χ1v) is 6.15. The van der Waals surface area contributed by atoms with Crippen molar-refractivity contribution < 1.29 is 24.4 Å². The van der Waals surface area contributed by atoms with Crippen LogP contribution in [0.15, 0.2) is 11.8 Å². The first-order chi connectivity index (χ1) is 8.99. The summed E-state index contributed by atoms with van der Waals surface area (Å²) in [6, 6.07) is -0.650. The zero-order chi connectivity index (χ0) is 14.2. The molecule has 19 heavy (non-hydrogen) atoms. The second-order valence-electron chi connectivity index (χ2n) is 4.77. The number of halogens is 1. The van der Waals surface area contributed by atoms with Crippen molar-refractivity contribution >= 4 is 0 Å². The van der Waals surface area contributed by atoms with Crippen molar-refractivity contribution in [2.45, 2.75) is 44.0 Å². The van der Waals surface area contributed by atoms with Crippen LogP contribution in [-0.2, 0) is 4.74 Å². The fourth-order valence-corrected chi connectivity index (χ4v) is 2.41. The molecule has 0 saturated carbocycles. The number of hydrogen-bond acceptors (Lipinski definition) is 7. The van der Waals surface area contributed by atoms with Gasteiger partial charge in [0.15, 0.2) is 18.8 Å². The van der Waals surface area contributed by atoms with Gasteiger partial charge in [-0.25, -0.2) is 9.71 Å². The Bertz CT molecular complexity index is 357. The Hall–Kier alpha value is -0.770. The van der Waals surface area contributed by atoms with Crippen LogP contribution in [0.3, 0.4) is 0 Å². The lowest BCUT2D eigenvalue weighted by molar-refractivity contribution is -0.147. The molecular weight excluding hydrogens is 257 g/mol. The van der Waals surface area contributed by atoms with Crippen LogP contribution in [0, 0.1) is 0 Å². The minimum atomic E-state index is -1.42. The molecule has 0 aromatic carbocycles. The highest BCUT2D eigenvalue weighted by Crippen LogP contribution is 2.29. The number of hydrogen-bond donors (Lipinski definition) is 5. The molecule has 0 aliphatic carbocycles. The highest BCUT2D eigenvalue weighted by molar-refractivity contribution is 5.09. The summed E-state index contributed by atoms with van der Waals surface area (Å²) in [7, 11) is 1.58. The van der Waals surface area contributed by atoms with Gasteiger partial charge in [0.1, 0.15) is 12.3 Å². The van der Waals surface area contributed by atoms with Crippen molar-refractivity contribution in [3.63, 3.8) is 0 Å². The molecule has 1 saturated heterocycles. The SMILES string of the molecule is CN[C@@H]1[C@H](F)C(N2C=C(C)C(O)NC2O)O[C@@H]1CO. The van der Waals surface area contributed by atoms with Crippen LogP contribution in [-0.4, -0.2) is 71.0 Å². The molecule has 8 heteroatoms. The molecule has 1 fully saturated rings. The molecule has 5 N–H and O–H groups in total. The summed E-state index contributed by atoms with van der Waals surface area (Å²) < 4.78 is 19.7. The topological polar surface area (TPSA) is 97.2 Å². The highest BCUT2D eigenvalue weighted by Gasteiger charge is 2.48. The summed E-state index contributed by atoms with van der Waals surface area (Å²) in [6.45, 7) is 1.34. The largest absolute Gasteiger partial charge is 0.394 e. The smallest absolute Gasteiger partial charge is 0.187 e. The number of nitrogens with one attached hydrogen (secondary N) is 2. The second-order valence-corrected chi connectivity index (χ2v) is 4.77. The summed E-state index contributed by atoms with van der Waals surface area (Å²) in [4.78, 5) is 1.26. The second kappa shape index (κ2) is 5.70. The van der Waals surface area contributed by atoms with Crippen molar-refractivity contribution in [1.82, 2.24) is 15.5 Å². The fraction of sp³-hybridized carbons (Fsp3) is 0.818. The number of alkyl halides is 1. The third-order valence-electron chi connectivity index (χ3n) is 3.51. The van der Waals surface area contributed by atoms with Crippen molar-refractivity contribution in [2.75, 3.05) is 13.7 Å². The summed E-state index contributed by atoms with van der Waals surface area (Å²) >= 11 is 0. The Labute approximate surface area is 110 Å².